The highest BCUT2D eigenvalue weighted by molar-refractivity contribution is 7.91. The fraction of sp³-hybridized carbons (Fsp3) is 1.00. The highest BCUT2D eigenvalue weighted by Crippen LogP contribution is 2.31. The molecule has 5 heteroatoms. The standard InChI is InChI=1S/C15H32N2O2S/c1-3-12-20(18,19)13-11-17(4-2)15(14-16)9-7-5-6-8-10-15/h3-14,16H2,1-2H3. The molecule has 0 saturated heterocycles. The van der Waals surface area contributed by atoms with E-state index in [-0.39, 0.29) is 11.3 Å². The lowest BCUT2D eigenvalue weighted by Gasteiger charge is -2.43. The van der Waals surface area contributed by atoms with Crippen LogP contribution in [-0.4, -0.2) is 50.0 Å². The third-order valence-corrected chi connectivity index (χ3v) is 6.49. The summed E-state index contributed by atoms with van der Waals surface area (Å²) < 4.78 is 23.9. The Balaban J connectivity index is 2.71. The van der Waals surface area contributed by atoms with Gasteiger partial charge >= 0.3 is 0 Å². The van der Waals surface area contributed by atoms with Crippen molar-refractivity contribution in [3.8, 4) is 0 Å². The minimum Gasteiger partial charge on any atom is -0.329 e. The van der Waals surface area contributed by atoms with Crippen LogP contribution in [0.1, 0.15) is 58.8 Å². The SMILES string of the molecule is CCCS(=O)(=O)CCN(CC)C1(CN)CCCCCC1. The Morgan fingerprint density at radius 3 is 2.10 bits per heavy atom. The highest BCUT2D eigenvalue weighted by atomic mass is 32.2. The molecular weight excluding hydrogens is 272 g/mol. The summed E-state index contributed by atoms with van der Waals surface area (Å²) in [6.07, 6.45) is 7.94. The molecule has 0 atom stereocenters. The van der Waals surface area contributed by atoms with Gasteiger partial charge in [0.15, 0.2) is 9.84 Å². The molecule has 20 heavy (non-hydrogen) atoms. The van der Waals surface area contributed by atoms with Gasteiger partial charge in [-0.3, -0.25) is 4.90 Å². The number of hydrogen-bond donors (Lipinski definition) is 1. The van der Waals surface area contributed by atoms with Gasteiger partial charge < -0.3 is 5.73 Å². The molecule has 0 amide bonds. The first-order chi connectivity index (χ1) is 9.49. The van der Waals surface area contributed by atoms with E-state index >= 15 is 0 Å². The average Bonchev–Trinajstić information content (AvgIpc) is 2.66. The van der Waals surface area contributed by atoms with Crippen molar-refractivity contribution in [1.82, 2.24) is 4.90 Å². The van der Waals surface area contributed by atoms with Crippen LogP contribution in [0.5, 0.6) is 0 Å². The summed E-state index contributed by atoms with van der Waals surface area (Å²) in [5.41, 5.74) is 6.13. The maximum Gasteiger partial charge on any atom is 0.151 e. The quantitative estimate of drug-likeness (QED) is 0.698. The van der Waals surface area contributed by atoms with Crippen molar-refractivity contribution in [1.29, 1.82) is 0 Å². The Morgan fingerprint density at radius 2 is 1.65 bits per heavy atom. The Hall–Kier alpha value is -0.130. The minimum atomic E-state index is -2.90. The molecule has 1 rings (SSSR count). The molecule has 4 nitrogen and oxygen atoms in total. The fourth-order valence-corrected chi connectivity index (χ4v) is 4.75. The van der Waals surface area contributed by atoms with Crippen molar-refractivity contribution in [3.05, 3.63) is 0 Å². The Kier molecular flexibility index (Phi) is 7.48. The molecule has 1 saturated carbocycles. The third-order valence-electron chi connectivity index (χ3n) is 4.65. The second-order valence-corrected chi connectivity index (χ2v) is 8.38. The average molecular weight is 305 g/mol. The van der Waals surface area contributed by atoms with E-state index in [9.17, 15) is 8.42 Å². The summed E-state index contributed by atoms with van der Waals surface area (Å²) in [6, 6.07) is 0. The van der Waals surface area contributed by atoms with E-state index in [0.717, 1.165) is 19.4 Å². The maximum atomic E-state index is 11.9. The Labute approximate surface area is 125 Å². The molecule has 1 fully saturated rings. The third kappa shape index (κ3) is 5.01. The number of rotatable bonds is 8. The summed E-state index contributed by atoms with van der Waals surface area (Å²) >= 11 is 0. The van der Waals surface area contributed by atoms with Gasteiger partial charge in [-0.05, 0) is 25.8 Å². The smallest absolute Gasteiger partial charge is 0.151 e. The Morgan fingerprint density at radius 1 is 1.05 bits per heavy atom. The molecule has 0 aromatic carbocycles. The van der Waals surface area contributed by atoms with Gasteiger partial charge in [-0.25, -0.2) is 8.42 Å². The second-order valence-electron chi connectivity index (χ2n) is 6.07. The largest absolute Gasteiger partial charge is 0.329 e. The summed E-state index contributed by atoms with van der Waals surface area (Å²) in [5.74, 6) is 0.580. The normalized spacial score (nSPS) is 20.0. The van der Waals surface area contributed by atoms with Crippen molar-refractivity contribution in [3.63, 3.8) is 0 Å². The minimum absolute atomic E-state index is 0.0347. The number of hydrogen-bond acceptors (Lipinski definition) is 4. The molecule has 0 heterocycles. The molecule has 0 aromatic heterocycles. The molecule has 0 radical (unpaired) electrons. The summed E-state index contributed by atoms with van der Waals surface area (Å²) in [5, 5.41) is 0. The molecule has 0 aliphatic heterocycles. The van der Waals surface area contributed by atoms with Gasteiger partial charge in [-0.15, -0.1) is 0 Å². The van der Waals surface area contributed by atoms with Gasteiger partial charge in [0.1, 0.15) is 0 Å². The van der Waals surface area contributed by atoms with Gasteiger partial charge in [0.2, 0.25) is 0 Å². The lowest BCUT2D eigenvalue weighted by molar-refractivity contribution is 0.0904. The molecule has 120 valence electrons. The summed E-state index contributed by atoms with van der Waals surface area (Å²) in [6.45, 7) is 6.21. The van der Waals surface area contributed by atoms with E-state index < -0.39 is 9.84 Å². The number of sulfone groups is 1. The van der Waals surface area contributed by atoms with Crippen LogP contribution in [0.4, 0.5) is 0 Å². The fourth-order valence-electron chi connectivity index (χ4n) is 3.43. The molecule has 0 unspecified atom stereocenters. The van der Waals surface area contributed by atoms with Crippen LogP contribution in [0.15, 0.2) is 0 Å². The van der Waals surface area contributed by atoms with E-state index in [4.69, 9.17) is 5.73 Å². The first-order valence-corrected chi connectivity index (χ1v) is 9.97. The molecular formula is C15H32N2O2S. The van der Waals surface area contributed by atoms with Gasteiger partial charge in [0, 0.05) is 24.4 Å². The predicted molar refractivity (Wildman–Crippen MR) is 85.7 cm³/mol. The van der Waals surface area contributed by atoms with Crippen LogP contribution >= 0.6 is 0 Å². The van der Waals surface area contributed by atoms with Crippen molar-refractivity contribution in [2.45, 2.75) is 64.3 Å². The number of nitrogens with zero attached hydrogens (tertiary/aromatic N) is 1. The highest BCUT2D eigenvalue weighted by Gasteiger charge is 2.35. The maximum absolute atomic E-state index is 11.9. The zero-order valence-electron chi connectivity index (χ0n) is 13.2. The first-order valence-electron chi connectivity index (χ1n) is 8.15. The van der Waals surface area contributed by atoms with Crippen LogP contribution in [0.2, 0.25) is 0 Å². The van der Waals surface area contributed by atoms with E-state index in [1.165, 1.54) is 25.7 Å². The zero-order chi connectivity index (χ0) is 15.1. The molecule has 1 aliphatic carbocycles. The Bertz CT molecular complexity index is 360. The van der Waals surface area contributed by atoms with Gasteiger partial charge in [0.05, 0.1) is 5.75 Å². The first kappa shape index (κ1) is 17.9. The van der Waals surface area contributed by atoms with Crippen molar-refractivity contribution in [2.24, 2.45) is 5.73 Å². The van der Waals surface area contributed by atoms with Crippen molar-refractivity contribution >= 4 is 9.84 Å². The van der Waals surface area contributed by atoms with E-state index in [1.54, 1.807) is 0 Å². The van der Waals surface area contributed by atoms with Crippen LogP contribution in [0, 0.1) is 0 Å². The summed E-state index contributed by atoms with van der Waals surface area (Å²) in [7, 11) is -2.90. The monoisotopic (exact) mass is 304 g/mol. The zero-order valence-corrected chi connectivity index (χ0v) is 14.1. The molecule has 2 N–H and O–H groups in total. The van der Waals surface area contributed by atoms with Crippen LogP contribution in [0.3, 0.4) is 0 Å². The van der Waals surface area contributed by atoms with Crippen molar-refractivity contribution in [2.75, 3.05) is 31.1 Å². The molecule has 0 spiro atoms. The van der Waals surface area contributed by atoms with E-state index in [0.29, 0.717) is 25.3 Å². The second kappa shape index (κ2) is 8.35. The topological polar surface area (TPSA) is 63.4 Å². The number of likely N-dealkylation sites (N-methyl/N-ethyl adjacent to an activating group) is 1. The van der Waals surface area contributed by atoms with Crippen LogP contribution < -0.4 is 5.73 Å². The van der Waals surface area contributed by atoms with Crippen LogP contribution in [0.25, 0.3) is 0 Å². The predicted octanol–water partition coefficient (Wildman–Crippen LogP) is 2.18. The van der Waals surface area contributed by atoms with Crippen molar-refractivity contribution < 1.29 is 8.42 Å². The van der Waals surface area contributed by atoms with Gasteiger partial charge in [0.25, 0.3) is 0 Å². The lowest BCUT2D eigenvalue weighted by atomic mass is 9.88. The molecule has 1 aliphatic rings. The number of nitrogens with two attached hydrogens (primary N) is 1. The van der Waals surface area contributed by atoms with Gasteiger partial charge in [-0.2, -0.15) is 0 Å². The lowest BCUT2D eigenvalue weighted by Crippen LogP contribution is -2.54. The molecule has 0 aromatic rings. The summed E-state index contributed by atoms with van der Waals surface area (Å²) in [4.78, 5) is 2.34. The van der Waals surface area contributed by atoms with Crippen LogP contribution in [-0.2, 0) is 9.84 Å². The van der Waals surface area contributed by atoms with E-state index in [2.05, 4.69) is 11.8 Å². The van der Waals surface area contributed by atoms with Gasteiger partial charge in [-0.1, -0.05) is 39.5 Å². The van der Waals surface area contributed by atoms with E-state index in [1.807, 2.05) is 6.92 Å². The molecule has 0 bridgehead atoms.